The molecule has 0 atom stereocenters. The zero-order valence-corrected chi connectivity index (χ0v) is 16.8. The van der Waals surface area contributed by atoms with E-state index in [9.17, 15) is 18.0 Å². The maximum Gasteiger partial charge on any atom is 0.293 e. The van der Waals surface area contributed by atoms with Gasteiger partial charge in [0, 0.05) is 17.9 Å². The van der Waals surface area contributed by atoms with E-state index in [-0.39, 0.29) is 21.6 Å². The lowest BCUT2D eigenvalue weighted by Gasteiger charge is -2.09. The van der Waals surface area contributed by atoms with Crippen LogP contribution in [0.25, 0.3) is 17.4 Å². The van der Waals surface area contributed by atoms with Crippen LogP contribution in [-0.4, -0.2) is 30.7 Å². The summed E-state index contributed by atoms with van der Waals surface area (Å²) in [6, 6.07) is 13.1. The summed E-state index contributed by atoms with van der Waals surface area (Å²) >= 11 is 0.838. The van der Waals surface area contributed by atoms with Crippen molar-refractivity contribution in [3.8, 4) is 11.3 Å². The van der Waals surface area contributed by atoms with Gasteiger partial charge in [-0.15, -0.1) is 0 Å². The SMILES string of the molecule is CS(=O)(=O)c1ccc(-c2ccc(/C=C3/SC(=O)N(Cc4ccco4)C3=O)o2)cc1. The van der Waals surface area contributed by atoms with Crippen molar-refractivity contribution in [1.29, 1.82) is 0 Å². The Hall–Kier alpha value is -3.04. The van der Waals surface area contributed by atoms with E-state index < -0.39 is 15.7 Å². The summed E-state index contributed by atoms with van der Waals surface area (Å²) < 4.78 is 34.1. The zero-order valence-electron chi connectivity index (χ0n) is 15.2. The van der Waals surface area contributed by atoms with E-state index in [1.54, 1.807) is 36.4 Å². The molecule has 7 nitrogen and oxygen atoms in total. The zero-order chi connectivity index (χ0) is 20.6. The van der Waals surface area contributed by atoms with Crippen molar-refractivity contribution in [2.75, 3.05) is 6.26 Å². The number of sulfone groups is 1. The lowest BCUT2D eigenvalue weighted by atomic mass is 10.2. The van der Waals surface area contributed by atoms with E-state index in [0.29, 0.717) is 22.8 Å². The topological polar surface area (TPSA) is 97.8 Å². The molecule has 148 valence electrons. The number of imide groups is 1. The standard InChI is InChI=1S/C20H15NO6S2/c1-29(24,25)16-7-4-13(5-8-16)17-9-6-14(27-17)11-18-19(22)21(20(23)28-18)12-15-3-2-10-26-15/h2-11H,12H2,1H3/b18-11+. The highest BCUT2D eigenvalue weighted by atomic mass is 32.2. The smallest absolute Gasteiger partial charge is 0.293 e. The van der Waals surface area contributed by atoms with Crippen molar-refractivity contribution >= 4 is 38.8 Å². The average molecular weight is 429 g/mol. The van der Waals surface area contributed by atoms with E-state index in [4.69, 9.17) is 8.83 Å². The number of benzene rings is 1. The Labute approximate surface area is 170 Å². The Morgan fingerprint density at radius 1 is 1.07 bits per heavy atom. The maximum absolute atomic E-state index is 12.5. The van der Waals surface area contributed by atoms with Crippen LogP contribution in [0.2, 0.25) is 0 Å². The van der Waals surface area contributed by atoms with Gasteiger partial charge in [0.1, 0.15) is 17.3 Å². The van der Waals surface area contributed by atoms with Crippen LogP contribution in [0.4, 0.5) is 4.79 Å². The summed E-state index contributed by atoms with van der Waals surface area (Å²) in [5.41, 5.74) is 0.697. The Morgan fingerprint density at radius 3 is 2.48 bits per heavy atom. The van der Waals surface area contributed by atoms with Crippen molar-refractivity contribution < 1.29 is 26.8 Å². The van der Waals surface area contributed by atoms with Crippen LogP contribution >= 0.6 is 11.8 Å². The number of nitrogens with zero attached hydrogens (tertiary/aromatic N) is 1. The molecule has 1 fully saturated rings. The van der Waals surface area contributed by atoms with Gasteiger partial charge in [-0.05, 0) is 60.3 Å². The molecule has 2 amide bonds. The number of hydrogen-bond acceptors (Lipinski definition) is 7. The maximum atomic E-state index is 12.5. The predicted molar refractivity (Wildman–Crippen MR) is 107 cm³/mol. The molecule has 1 aliphatic heterocycles. The summed E-state index contributed by atoms with van der Waals surface area (Å²) in [4.78, 5) is 26.3. The Bertz CT molecular complexity index is 1200. The minimum atomic E-state index is -3.27. The number of carbonyl (C=O) groups excluding carboxylic acids is 2. The van der Waals surface area contributed by atoms with Gasteiger partial charge in [-0.25, -0.2) is 8.42 Å². The van der Waals surface area contributed by atoms with E-state index >= 15 is 0 Å². The third kappa shape index (κ3) is 4.06. The summed E-state index contributed by atoms with van der Waals surface area (Å²) in [5, 5.41) is -0.374. The van der Waals surface area contributed by atoms with E-state index in [2.05, 4.69) is 0 Å². The molecule has 1 aliphatic rings. The van der Waals surface area contributed by atoms with E-state index in [0.717, 1.165) is 22.9 Å². The molecule has 4 rings (SSSR count). The van der Waals surface area contributed by atoms with Crippen molar-refractivity contribution in [1.82, 2.24) is 4.90 Å². The largest absolute Gasteiger partial charge is 0.467 e. The van der Waals surface area contributed by atoms with Crippen molar-refractivity contribution in [2.24, 2.45) is 0 Å². The molecule has 0 bridgehead atoms. The fourth-order valence-corrected chi connectivity index (χ4v) is 4.22. The highest BCUT2D eigenvalue weighted by molar-refractivity contribution is 8.18. The second kappa shape index (κ2) is 7.41. The lowest BCUT2D eigenvalue weighted by Crippen LogP contribution is -2.27. The third-order valence-corrected chi connectivity index (χ3v) is 6.27. The fraction of sp³-hybridized carbons (Fsp3) is 0.100. The first-order chi connectivity index (χ1) is 13.8. The lowest BCUT2D eigenvalue weighted by molar-refractivity contribution is -0.123. The Balaban J connectivity index is 1.53. The minimum absolute atomic E-state index is 0.0745. The number of amides is 2. The van der Waals surface area contributed by atoms with Crippen LogP contribution in [0.15, 0.2) is 73.4 Å². The molecule has 0 aliphatic carbocycles. The fourth-order valence-electron chi connectivity index (χ4n) is 2.78. The number of thioether (sulfide) groups is 1. The molecule has 1 aromatic carbocycles. The highest BCUT2D eigenvalue weighted by Gasteiger charge is 2.35. The second-order valence-corrected chi connectivity index (χ2v) is 9.35. The first-order valence-electron chi connectivity index (χ1n) is 8.49. The van der Waals surface area contributed by atoms with Crippen molar-refractivity contribution in [3.63, 3.8) is 0 Å². The van der Waals surface area contributed by atoms with Gasteiger partial charge < -0.3 is 8.83 Å². The quantitative estimate of drug-likeness (QED) is 0.561. The molecular weight excluding hydrogens is 414 g/mol. The highest BCUT2D eigenvalue weighted by Crippen LogP contribution is 2.34. The van der Waals surface area contributed by atoms with E-state index in [1.165, 1.54) is 24.5 Å². The molecule has 0 spiro atoms. The van der Waals surface area contributed by atoms with Gasteiger partial charge >= 0.3 is 0 Å². The number of rotatable bonds is 5. The van der Waals surface area contributed by atoms with Gasteiger partial charge in [0.05, 0.1) is 22.6 Å². The molecule has 3 heterocycles. The molecule has 2 aromatic heterocycles. The molecule has 29 heavy (non-hydrogen) atoms. The summed E-state index contributed by atoms with van der Waals surface area (Å²) in [7, 11) is -3.27. The molecule has 0 radical (unpaired) electrons. The van der Waals surface area contributed by atoms with Gasteiger partial charge in [0.25, 0.3) is 11.1 Å². The monoisotopic (exact) mass is 429 g/mol. The van der Waals surface area contributed by atoms with E-state index in [1.807, 2.05) is 0 Å². The number of hydrogen-bond donors (Lipinski definition) is 0. The van der Waals surface area contributed by atoms with Crippen LogP contribution in [0.5, 0.6) is 0 Å². The minimum Gasteiger partial charge on any atom is -0.467 e. The van der Waals surface area contributed by atoms with Crippen LogP contribution < -0.4 is 0 Å². The van der Waals surface area contributed by atoms with Gasteiger partial charge in [-0.3, -0.25) is 14.5 Å². The summed E-state index contributed by atoms with van der Waals surface area (Å²) in [5.74, 6) is 1.04. The van der Waals surface area contributed by atoms with Crippen molar-refractivity contribution in [2.45, 2.75) is 11.4 Å². The molecule has 0 saturated carbocycles. The third-order valence-electron chi connectivity index (χ3n) is 4.23. The van der Waals surface area contributed by atoms with Gasteiger partial charge in [0.2, 0.25) is 0 Å². The van der Waals surface area contributed by atoms with Gasteiger partial charge in [-0.2, -0.15) is 0 Å². The molecule has 3 aromatic rings. The summed E-state index contributed by atoms with van der Waals surface area (Å²) in [6.07, 6.45) is 4.14. The molecular formula is C20H15NO6S2. The van der Waals surface area contributed by atoms with Crippen molar-refractivity contribution in [3.05, 3.63) is 71.2 Å². The Morgan fingerprint density at radius 2 is 1.83 bits per heavy atom. The summed E-state index contributed by atoms with van der Waals surface area (Å²) in [6.45, 7) is 0.0745. The first-order valence-corrected chi connectivity index (χ1v) is 11.2. The van der Waals surface area contributed by atoms with Gasteiger partial charge in [-0.1, -0.05) is 0 Å². The van der Waals surface area contributed by atoms with Crippen LogP contribution in [0, 0.1) is 0 Å². The normalized spacial score (nSPS) is 16.2. The second-order valence-electron chi connectivity index (χ2n) is 6.35. The molecule has 1 saturated heterocycles. The average Bonchev–Trinajstić information content (AvgIpc) is 3.40. The van der Waals surface area contributed by atoms with Crippen LogP contribution in [0.1, 0.15) is 11.5 Å². The molecule has 0 N–H and O–H groups in total. The molecule has 9 heteroatoms. The van der Waals surface area contributed by atoms with Gasteiger partial charge in [0.15, 0.2) is 9.84 Å². The van der Waals surface area contributed by atoms with Crippen LogP contribution in [0.3, 0.4) is 0 Å². The number of carbonyl (C=O) groups is 2. The van der Waals surface area contributed by atoms with Crippen LogP contribution in [-0.2, 0) is 21.2 Å². The number of furan rings is 2. The first kappa shape index (κ1) is 19.3. The Kier molecular flexibility index (Phi) is 4.93. The molecule has 0 unspecified atom stereocenters. The predicted octanol–water partition coefficient (Wildman–Crippen LogP) is 4.18.